The van der Waals surface area contributed by atoms with Crippen molar-refractivity contribution in [2.75, 3.05) is 0 Å². The maximum absolute atomic E-state index is 13.5. The second kappa shape index (κ2) is 8.75. The summed E-state index contributed by atoms with van der Waals surface area (Å²) in [5.41, 5.74) is 5.43. The fourth-order valence-electron chi connectivity index (χ4n) is 4.43. The predicted molar refractivity (Wildman–Crippen MR) is 145 cm³/mol. The zero-order valence-corrected chi connectivity index (χ0v) is 19.4. The normalized spacial score (nSPS) is 11.6. The smallest absolute Gasteiger partial charge is 0.266 e. The van der Waals surface area contributed by atoms with Gasteiger partial charge in [-0.2, -0.15) is 0 Å². The third kappa shape index (κ3) is 3.84. The Bertz CT molecular complexity index is 1760. The van der Waals surface area contributed by atoms with E-state index in [-0.39, 0.29) is 5.56 Å². The molecule has 0 aliphatic carbocycles. The fourth-order valence-corrected chi connectivity index (χ4v) is 4.55. The summed E-state index contributed by atoms with van der Waals surface area (Å²) in [5, 5.41) is 2.28. The number of halogens is 1. The Morgan fingerprint density at radius 2 is 1.43 bits per heavy atom. The number of aromatic nitrogens is 3. The van der Waals surface area contributed by atoms with Crippen LogP contribution in [0.5, 0.6) is 0 Å². The van der Waals surface area contributed by atoms with Crippen LogP contribution in [0.15, 0.2) is 108 Å². The van der Waals surface area contributed by atoms with E-state index in [2.05, 4.69) is 29.2 Å². The van der Waals surface area contributed by atoms with Crippen LogP contribution >= 0.6 is 11.6 Å². The Kier molecular flexibility index (Phi) is 5.28. The molecular formula is C30H20ClN3O. The summed E-state index contributed by atoms with van der Waals surface area (Å²) in [6.07, 6.45) is 3.94. The summed E-state index contributed by atoms with van der Waals surface area (Å²) in [4.78, 5) is 22.0. The van der Waals surface area contributed by atoms with Crippen molar-refractivity contribution in [1.82, 2.24) is 14.5 Å². The second-order valence-corrected chi connectivity index (χ2v) is 8.70. The highest BCUT2D eigenvalue weighted by molar-refractivity contribution is 6.30. The minimum absolute atomic E-state index is 0.125. The van der Waals surface area contributed by atoms with Gasteiger partial charge in [0.15, 0.2) is 0 Å². The summed E-state index contributed by atoms with van der Waals surface area (Å²) in [5.74, 6) is 0.542. The second-order valence-electron chi connectivity index (χ2n) is 8.26. The van der Waals surface area contributed by atoms with E-state index in [0.717, 1.165) is 27.7 Å². The van der Waals surface area contributed by atoms with Crippen LogP contribution in [0.2, 0.25) is 5.02 Å². The molecule has 168 valence electrons. The Balaban J connectivity index is 1.59. The molecule has 1 N–H and O–H groups in total. The van der Waals surface area contributed by atoms with E-state index in [1.165, 1.54) is 0 Å². The first kappa shape index (κ1) is 21.1. The van der Waals surface area contributed by atoms with Gasteiger partial charge in [0.1, 0.15) is 5.82 Å². The summed E-state index contributed by atoms with van der Waals surface area (Å²) in [6.45, 7) is 0. The van der Waals surface area contributed by atoms with Gasteiger partial charge in [0.2, 0.25) is 0 Å². The zero-order valence-electron chi connectivity index (χ0n) is 18.7. The minimum Gasteiger partial charge on any atom is -0.354 e. The van der Waals surface area contributed by atoms with E-state index in [9.17, 15) is 4.79 Å². The van der Waals surface area contributed by atoms with Gasteiger partial charge in [-0.1, -0.05) is 72.3 Å². The average Bonchev–Trinajstić information content (AvgIpc) is 3.27. The van der Waals surface area contributed by atoms with Crippen LogP contribution < -0.4 is 5.56 Å². The summed E-state index contributed by atoms with van der Waals surface area (Å²) < 4.78 is 1.63. The zero-order chi connectivity index (χ0) is 23.8. The number of aromatic amines is 1. The molecule has 2 heterocycles. The molecule has 0 atom stereocenters. The van der Waals surface area contributed by atoms with Crippen LogP contribution in [0, 0.1) is 0 Å². The van der Waals surface area contributed by atoms with E-state index in [4.69, 9.17) is 16.6 Å². The molecule has 0 saturated carbocycles. The van der Waals surface area contributed by atoms with Crippen molar-refractivity contribution in [2.24, 2.45) is 0 Å². The maximum atomic E-state index is 13.5. The standard InChI is InChI=1S/C30H20ClN3O/c31-21-14-16-22(17-15-21)34-28(32-27-13-7-5-11-25(27)30(34)35)19-18-24-23-10-4-6-12-26(23)33-29(24)20-8-2-1-3-9-20/h1-19,33H/b19-18+. The molecule has 0 aliphatic rings. The van der Waals surface area contributed by atoms with Gasteiger partial charge in [-0.15, -0.1) is 0 Å². The summed E-state index contributed by atoms with van der Waals surface area (Å²) in [7, 11) is 0. The molecule has 6 aromatic rings. The van der Waals surface area contributed by atoms with E-state index < -0.39 is 0 Å². The average molecular weight is 474 g/mol. The number of nitrogens with one attached hydrogen (secondary N) is 1. The quantitative estimate of drug-likeness (QED) is 0.291. The minimum atomic E-state index is -0.125. The monoisotopic (exact) mass is 473 g/mol. The summed E-state index contributed by atoms with van der Waals surface area (Å²) in [6, 6.07) is 33.1. The van der Waals surface area contributed by atoms with Gasteiger partial charge in [0.05, 0.1) is 22.3 Å². The van der Waals surface area contributed by atoms with Gasteiger partial charge in [0.25, 0.3) is 5.56 Å². The van der Waals surface area contributed by atoms with Crippen molar-refractivity contribution in [1.29, 1.82) is 0 Å². The Hall–Kier alpha value is -4.41. The molecule has 0 aliphatic heterocycles. The number of fused-ring (bicyclic) bond motifs is 2. The molecule has 0 radical (unpaired) electrons. The van der Waals surface area contributed by atoms with Crippen LogP contribution in [-0.4, -0.2) is 14.5 Å². The van der Waals surface area contributed by atoms with E-state index >= 15 is 0 Å². The lowest BCUT2D eigenvalue weighted by atomic mass is 10.0. The number of benzene rings is 4. The molecule has 0 unspecified atom stereocenters. The highest BCUT2D eigenvalue weighted by Crippen LogP contribution is 2.32. The van der Waals surface area contributed by atoms with Gasteiger partial charge in [0, 0.05) is 21.5 Å². The van der Waals surface area contributed by atoms with Crippen LogP contribution in [0.1, 0.15) is 11.4 Å². The Morgan fingerprint density at radius 3 is 2.23 bits per heavy atom. The lowest BCUT2D eigenvalue weighted by Gasteiger charge is -2.11. The first-order valence-electron chi connectivity index (χ1n) is 11.3. The van der Waals surface area contributed by atoms with Crippen molar-refractivity contribution in [3.8, 4) is 16.9 Å². The van der Waals surface area contributed by atoms with Crippen LogP contribution in [0.25, 0.3) is 50.9 Å². The summed E-state index contributed by atoms with van der Waals surface area (Å²) >= 11 is 6.11. The van der Waals surface area contributed by atoms with Gasteiger partial charge in [-0.05, 0) is 60.2 Å². The molecule has 0 amide bonds. The number of H-pyrrole nitrogens is 1. The van der Waals surface area contributed by atoms with E-state index in [0.29, 0.717) is 27.4 Å². The third-order valence-electron chi connectivity index (χ3n) is 6.09. The van der Waals surface area contributed by atoms with E-state index in [1.54, 1.807) is 22.8 Å². The molecule has 0 bridgehead atoms. The van der Waals surface area contributed by atoms with Gasteiger partial charge >= 0.3 is 0 Å². The SMILES string of the molecule is O=c1c2ccccc2nc(/C=C/c2c(-c3ccccc3)[nH]c3ccccc23)n1-c1ccc(Cl)cc1. The molecule has 4 nitrogen and oxygen atoms in total. The highest BCUT2D eigenvalue weighted by Gasteiger charge is 2.13. The molecule has 4 aromatic carbocycles. The Labute approximate surface area is 206 Å². The van der Waals surface area contributed by atoms with Crippen LogP contribution in [0.3, 0.4) is 0 Å². The maximum Gasteiger partial charge on any atom is 0.266 e. The molecule has 6 rings (SSSR count). The molecular weight excluding hydrogens is 454 g/mol. The number of hydrogen-bond acceptors (Lipinski definition) is 2. The lowest BCUT2D eigenvalue weighted by Crippen LogP contribution is -2.22. The van der Waals surface area contributed by atoms with Crippen molar-refractivity contribution in [2.45, 2.75) is 0 Å². The number of para-hydroxylation sites is 2. The first-order valence-corrected chi connectivity index (χ1v) is 11.7. The number of nitrogens with zero attached hydrogens (tertiary/aromatic N) is 2. The number of rotatable bonds is 4. The predicted octanol–water partition coefficient (Wildman–Crippen LogP) is 7.36. The van der Waals surface area contributed by atoms with Gasteiger partial charge in [-0.3, -0.25) is 9.36 Å². The molecule has 2 aromatic heterocycles. The van der Waals surface area contributed by atoms with Crippen molar-refractivity contribution >= 4 is 45.6 Å². The number of hydrogen-bond donors (Lipinski definition) is 1. The molecule has 5 heteroatoms. The van der Waals surface area contributed by atoms with Crippen molar-refractivity contribution in [3.05, 3.63) is 130 Å². The van der Waals surface area contributed by atoms with E-state index in [1.807, 2.05) is 72.8 Å². The topological polar surface area (TPSA) is 50.7 Å². The van der Waals surface area contributed by atoms with Gasteiger partial charge in [-0.25, -0.2) is 4.98 Å². The van der Waals surface area contributed by atoms with Crippen LogP contribution in [0.4, 0.5) is 0 Å². The largest absolute Gasteiger partial charge is 0.354 e. The van der Waals surface area contributed by atoms with Crippen molar-refractivity contribution in [3.63, 3.8) is 0 Å². The molecule has 0 spiro atoms. The fraction of sp³-hybridized carbons (Fsp3) is 0. The molecule has 0 fully saturated rings. The van der Waals surface area contributed by atoms with Crippen molar-refractivity contribution < 1.29 is 0 Å². The first-order chi connectivity index (χ1) is 17.2. The molecule has 35 heavy (non-hydrogen) atoms. The lowest BCUT2D eigenvalue weighted by molar-refractivity contribution is 0.944. The van der Waals surface area contributed by atoms with Gasteiger partial charge < -0.3 is 4.98 Å². The highest BCUT2D eigenvalue weighted by atomic mass is 35.5. The molecule has 0 saturated heterocycles. The van der Waals surface area contributed by atoms with Crippen LogP contribution in [-0.2, 0) is 0 Å². The Morgan fingerprint density at radius 1 is 0.743 bits per heavy atom. The third-order valence-corrected chi connectivity index (χ3v) is 6.35.